The molecule has 6 saturated heterocycles. The monoisotopic (exact) mass is 767 g/mol. The fourth-order valence-corrected chi connectivity index (χ4v) is 11.1. The van der Waals surface area contributed by atoms with E-state index >= 15 is 0 Å². The summed E-state index contributed by atoms with van der Waals surface area (Å²) in [6.07, 6.45) is 6.12. The van der Waals surface area contributed by atoms with Crippen molar-refractivity contribution in [2.75, 3.05) is 64.2 Å². The highest BCUT2D eigenvalue weighted by Gasteiger charge is 2.48. The summed E-state index contributed by atoms with van der Waals surface area (Å²) in [5.41, 5.74) is 9.08. The van der Waals surface area contributed by atoms with Gasteiger partial charge in [-0.1, -0.05) is 24.3 Å². The first-order valence-corrected chi connectivity index (χ1v) is 20.0. The molecule has 0 spiro atoms. The Balaban J connectivity index is 0.000000187. The second kappa shape index (κ2) is 17.5. The number of benzene rings is 2. The van der Waals surface area contributed by atoms with Gasteiger partial charge in [-0.15, -0.1) is 35.1 Å². The molecule has 2 atom stereocenters. The lowest BCUT2D eigenvalue weighted by molar-refractivity contribution is -0.191. The second-order valence-electron chi connectivity index (χ2n) is 16.0. The zero-order chi connectivity index (χ0) is 37.1. The van der Waals surface area contributed by atoms with Crippen molar-refractivity contribution in [3.05, 3.63) is 58.8 Å². The Kier molecular flexibility index (Phi) is 14.1. The van der Waals surface area contributed by atoms with Gasteiger partial charge in [-0.05, 0) is 138 Å². The van der Waals surface area contributed by atoms with E-state index in [9.17, 15) is 4.79 Å². The first-order valence-electron chi connectivity index (χ1n) is 18.3. The minimum atomic E-state index is 0. The SMILES string of the molecule is CC1(C)[C@H](N)C2CCN1CC2.CN(C)c1cccc2cc(C(=O)C[C@@H]3C4CCN(CC4)C3(C)C)sc12.CN(C)c1cccc2ccsc12.Cl.O=C=O. The van der Waals surface area contributed by atoms with Crippen LogP contribution in [0.5, 0.6) is 0 Å². The van der Waals surface area contributed by atoms with Crippen molar-refractivity contribution in [2.24, 2.45) is 23.5 Å². The Labute approximate surface area is 324 Å². The molecule has 0 saturated carbocycles. The van der Waals surface area contributed by atoms with E-state index in [1.54, 1.807) is 22.7 Å². The molecule has 2 N–H and O–H groups in total. The largest absolute Gasteiger partial charge is 0.377 e. The van der Waals surface area contributed by atoms with E-state index in [1.807, 2.05) is 0 Å². The van der Waals surface area contributed by atoms with Crippen molar-refractivity contribution in [3.63, 3.8) is 0 Å². The summed E-state index contributed by atoms with van der Waals surface area (Å²) in [5.74, 6) is 2.34. The molecule has 0 aliphatic carbocycles. The van der Waals surface area contributed by atoms with Gasteiger partial charge in [-0.3, -0.25) is 14.6 Å². The lowest BCUT2D eigenvalue weighted by Gasteiger charge is -2.56. The van der Waals surface area contributed by atoms with Gasteiger partial charge in [0.1, 0.15) is 0 Å². The first kappa shape index (κ1) is 41.9. The molecule has 52 heavy (non-hydrogen) atoms. The number of hydrogen-bond donors (Lipinski definition) is 1. The number of carbonyl (C=O) groups excluding carboxylic acids is 3. The lowest BCUT2D eigenvalue weighted by atomic mass is 9.65. The number of nitrogens with zero attached hydrogens (tertiary/aromatic N) is 4. The van der Waals surface area contributed by atoms with E-state index in [1.165, 1.54) is 83.4 Å². The molecule has 8 heterocycles. The number of anilines is 2. The number of piperidine rings is 6. The summed E-state index contributed by atoms with van der Waals surface area (Å²) in [6, 6.07) is 17.4. The molecule has 10 rings (SSSR count). The van der Waals surface area contributed by atoms with E-state index in [0.717, 1.165) is 16.7 Å². The minimum absolute atomic E-state index is 0. The van der Waals surface area contributed by atoms with E-state index in [4.69, 9.17) is 15.3 Å². The lowest BCUT2D eigenvalue weighted by Crippen LogP contribution is -2.67. The van der Waals surface area contributed by atoms with Crippen molar-refractivity contribution < 1.29 is 14.4 Å². The van der Waals surface area contributed by atoms with Crippen LogP contribution >= 0.6 is 35.1 Å². The Morgan fingerprint density at radius 3 is 1.77 bits per heavy atom. The highest BCUT2D eigenvalue weighted by atomic mass is 35.5. The summed E-state index contributed by atoms with van der Waals surface area (Å²) >= 11 is 3.46. The molecule has 6 aliphatic rings. The molecular weight excluding hydrogens is 710 g/mol. The van der Waals surface area contributed by atoms with E-state index in [-0.39, 0.29) is 29.6 Å². The van der Waals surface area contributed by atoms with Crippen LogP contribution in [0.15, 0.2) is 53.9 Å². The predicted octanol–water partition coefficient (Wildman–Crippen LogP) is 8.28. The van der Waals surface area contributed by atoms with Gasteiger partial charge < -0.3 is 15.5 Å². The van der Waals surface area contributed by atoms with Crippen LogP contribution in [-0.4, -0.2) is 93.2 Å². The molecule has 8 nitrogen and oxygen atoms in total. The Morgan fingerprint density at radius 2 is 1.29 bits per heavy atom. The topological polar surface area (TPSA) is 90.2 Å². The summed E-state index contributed by atoms with van der Waals surface area (Å²) in [4.78, 5) is 39.7. The fourth-order valence-electron chi connectivity index (χ4n) is 8.90. The average molecular weight is 769 g/mol. The molecular formula is C41H58ClN5O3S2. The number of ketones is 1. The summed E-state index contributed by atoms with van der Waals surface area (Å²) in [7, 11) is 8.28. The van der Waals surface area contributed by atoms with Crippen LogP contribution in [0.2, 0.25) is 0 Å². The number of halogens is 1. The van der Waals surface area contributed by atoms with Crippen molar-refractivity contribution in [2.45, 2.75) is 76.9 Å². The highest BCUT2D eigenvalue weighted by Crippen LogP contribution is 2.46. The van der Waals surface area contributed by atoms with Crippen LogP contribution in [0.1, 0.15) is 69.5 Å². The van der Waals surface area contributed by atoms with Gasteiger partial charge in [0.05, 0.1) is 25.7 Å². The summed E-state index contributed by atoms with van der Waals surface area (Å²) in [6.45, 7) is 14.2. The summed E-state index contributed by atoms with van der Waals surface area (Å²) < 4.78 is 2.60. The van der Waals surface area contributed by atoms with Gasteiger partial charge in [0.2, 0.25) is 0 Å². The standard InChI is InChI=1S/C21H28N2OS.C10H11NS.C9H18N2.CO2.ClH/c1-21(2)16(14-8-10-23(21)11-9-14)13-18(24)19-12-15-6-5-7-17(22(3)4)20(15)25-19;1-11(2)9-5-3-4-8-6-7-12-10(8)9;1-9(2)8(10)7-3-5-11(9)6-4-7;2-1-3;/h5-7,12,14,16H,8-11,13H2,1-4H3;3-7H,1-2H3;7-8H,3-6,10H2,1-2H3;;1H/t16-;;8-;;/m1.1../s1. The number of hydrogen-bond acceptors (Lipinski definition) is 10. The maximum atomic E-state index is 13.1. The molecule has 0 radical (unpaired) electrons. The third kappa shape index (κ3) is 8.76. The number of fused-ring (bicyclic) bond motifs is 8. The van der Waals surface area contributed by atoms with Crippen LogP contribution in [0.4, 0.5) is 11.4 Å². The highest BCUT2D eigenvalue weighted by molar-refractivity contribution is 7.21. The molecule has 284 valence electrons. The Hall–Kier alpha value is -2.82. The quantitative estimate of drug-likeness (QED) is 0.203. The van der Waals surface area contributed by atoms with Crippen molar-refractivity contribution in [1.82, 2.24) is 9.80 Å². The second-order valence-corrected chi connectivity index (χ2v) is 18.0. The Bertz CT molecular complexity index is 1810. The van der Waals surface area contributed by atoms with Gasteiger partial charge in [-0.2, -0.15) is 9.59 Å². The zero-order valence-corrected chi connectivity index (χ0v) is 34.6. The molecule has 2 aromatic heterocycles. The smallest absolute Gasteiger partial charge is 0.373 e. The average Bonchev–Trinajstić information content (AvgIpc) is 3.78. The zero-order valence-electron chi connectivity index (χ0n) is 32.2. The summed E-state index contributed by atoms with van der Waals surface area (Å²) in [5, 5.41) is 4.66. The van der Waals surface area contributed by atoms with Gasteiger partial charge in [0, 0.05) is 51.7 Å². The molecule has 2 aromatic carbocycles. The maximum Gasteiger partial charge on any atom is 0.373 e. The molecule has 4 aromatic rings. The number of nitrogens with two attached hydrogens (primary N) is 1. The number of rotatable bonds is 5. The molecule has 4 bridgehead atoms. The van der Waals surface area contributed by atoms with Crippen molar-refractivity contribution in [3.8, 4) is 0 Å². The third-order valence-corrected chi connectivity index (χ3v) is 14.3. The van der Waals surface area contributed by atoms with Gasteiger partial charge >= 0.3 is 6.15 Å². The number of Topliss-reactive ketones (excluding diaryl/α,β-unsaturated/α-hetero) is 1. The van der Waals surface area contributed by atoms with Crippen molar-refractivity contribution >= 4 is 78.6 Å². The van der Waals surface area contributed by atoms with Crippen LogP contribution in [0.3, 0.4) is 0 Å². The van der Waals surface area contributed by atoms with Crippen LogP contribution in [0, 0.1) is 17.8 Å². The molecule has 11 heteroatoms. The maximum absolute atomic E-state index is 13.1. The Morgan fingerprint density at radius 1 is 0.788 bits per heavy atom. The van der Waals surface area contributed by atoms with Gasteiger partial charge in [-0.25, -0.2) is 0 Å². The predicted molar refractivity (Wildman–Crippen MR) is 222 cm³/mol. The normalized spacial score (nSPS) is 25.9. The number of carbonyl (C=O) groups is 1. The van der Waals surface area contributed by atoms with E-state index in [0.29, 0.717) is 24.2 Å². The number of thiophene rings is 2. The van der Waals surface area contributed by atoms with E-state index in [2.05, 4.69) is 129 Å². The van der Waals surface area contributed by atoms with Crippen LogP contribution in [0.25, 0.3) is 20.2 Å². The molecule has 0 unspecified atom stereocenters. The fraction of sp³-hybridized carbons (Fsp3) is 0.561. The van der Waals surface area contributed by atoms with Crippen LogP contribution in [-0.2, 0) is 9.59 Å². The van der Waals surface area contributed by atoms with Gasteiger partial charge in [0.25, 0.3) is 0 Å². The molecule has 6 fully saturated rings. The van der Waals surface area contributed by atoms with Gasteiger partial charge in [0.15, 0.2) is 5.78 Å². The first-order chi connectivity index (χ1) is 24.2. The van der Waals surface area contributed by atoms with Crippen LogP contribution < -0.4 is 15.5 Å². The molecule has 0 amide bonds. The minimum Gasteiger partial charge on any atom is -0.377 e. The third-order valence-electron chi connectivity index (χ3n) is 12.1. The molecule has 6 aliphatic heterocycles. The van der Waals surface area contributed by atoms with E-state index < -0.39 is 0 Å². The van der Waals surface area contributed by atoms with Crippen molar-refractivity contribution in [1.29, 1.82) is 0 Å².